The van der Waals surface area contributed by atoms with Crippen LogP contribution in [0, 0.1) is 0 Å². The summed E-state index contributed by atoms with van der Waals surface area (Å²) in [6.45, 7) is 2.80. The summed E-state index contributed by atoms with van der Waals surface area (Å²) in [5.41, 5.74) is 5.84. The van der Waals surface area contributed by atoms with Crippen molar-refractivity contribution in [1.82, 2.24) is 14.5 Å². The zero-order chi connectivity index (χ0) is 12.4. The lowest BCUT2D eigenvalue weighted by Gasteiger charge is -2.07. The molecule has 0 spiro atoms. The van der Waals surface area contributed by atoms with E-state index in [2.05, 4.69) is 9.97 Å². The van der Waals surface area contributed by atoms with Gasteiger partial charge in [0.2, 0.25) is 0 Å². The predicted octanol–water partition coefficient (Wildman–Crippen LogP) is -0.0465. The van der Waals surface area contributed by atoms with Gasteiger partial charge in [0.25, 0.3) is 5.56 Å². The maximum Gasteiger partial charge on any atom is 0.329 e. The Labute approximate surface area is 97.1 Å². The van der Waals surface area contributed by atoms with Crippen molar-refractivity contribution >= 4 is 11.0 Å². The average Bonchev–Trinajstić information content (AvgIpc) is 2.34. The highest BCUT2D eigenvalue weighted by atomic mass is 16.2. The van der Waals surface area contributed by atoms with Crippen molar-refractivity contribution in [3.05, 3.63) is 38.7 Å². The molecule has 90 valence electrons. The topological polar surface area (TPSA) is 93.8 Å². The second-order valence-electron chi connectivity index (χ2n) is 3.83. The van der Waals surface area contributed by atoms with Gasteiger partial charge in [0.15, 0.2) is 0 Å². The van der Waals surface area contributed by atoms with Gasteiger partial charge in [-0.05, 0) is 18.1 Å². The lowest BCUT2D eigenvalue weighted by Crippen LogP contribution is -2.31. The van der Waals surface area contributed by atoms with Gasteiger partial charge in [0.1, 0.15) is 5.65 Å². The van der Waals surface area contributed by atoms with E-state index in [1.165, 1.54) is 4.57 Å². The average molecular weight is 234 g/mol. The number of aryl methyl sites for hydroxylation is 1. The van der Waals surface area contributed by atoms with E-state index in [4.69, 9.17) is 5.73 Å². The van der Waals surface area contributed by atoms with Crippen LogP contribution in [0.15, 0.2) is 21.9 Å². The van der Waals surface area contributed by atoms with E-state index in [9.17, 15) is 9.59 Å². The van der Waals surface area contributed by atoms with Crippen molar-refractivity contribution in [2.45, 2.75) is 26.4 Å². The minimum absolute atomic E-state index is 0.315. The molecule has 2 aromatic rings. The normalized spacial score (nSPS) is 10.9. The van der Waals surface area contributed by atoms with Crippen molar-refractivity contribution in [3.63, 3.8) is 0 Å². The summed E-state index contributed by atoms with van der Waals surface area (Å²) in [5.74, 6) is 0. The number of hydrogen-bond acceptors (Lipinski definition) is 4. The third kappa shape index (κ3) is 1.99. The first-order valence-electron chi connectivity index (χ1n) is 5.49. The van der Waals surface area contributed by atoms with Crippen molar-refractivity contribution in [2.75, 3.05) is 0 Å². The molecule has 0 fully saturated rings. The highest BCUT2D eigenvalue weighted by Gasteiger charge is 2.08. The van der Waals surface area contributed by atoms with E-state index in [-0.39, 0.29) is 0 Å². The van der Waals surface area contributed by atoms with Gasteiger partial charge in [-0.25, -0.2) is 9.78 Å². The van der Waals surface area contributed by atoms with Crippen molar-refractivity contribution in [3.8, 4) is 0 Å². The van der Waals surface area contributed by atoms with E-state index in [0.717, 1.165) is 12.0 Å². The second kappa shape index (κ2) is 4.50. The molecule has 6 nitrogen and oxygen atoms in total. The highest BCUT2D eigenvalue weighted by molar-refractivity contribution is 5.74. The molecule has 0 aliphatic heterocycles. The Morgan fingerprint density at radius 1 is 1.47 bits per heavy atom. The largest absolute Gasteiger partial charge is 0.329 e. The molecule has 17 heavy (non-hydrogen) atoms. The third-order valence-corrected chi connectivity index (χ3v) is 2.57. The number of H-pyrrole nitrogens is 1. The molecule has 0 aliphatic rings. The number of pyridine rings is 1. The Morgan fingerprint density at radius 2 is 2.24 bits per heavy atom. The molecular weight excluding hydrogens is 220 g/mol. The van der Waals surface area contributed by atoms with E-state index in [1.807, 2.05) is 6.92 Å². The maximum absolute atomic E-state index is 11.7. The Kier molecular flexibility index (Phi) is 3.06. The Hall–Kier alpha value is -1.95. The van der Waals surface area contributed by atoms with Crippen LogP contribution in [-0.4, -0.2) is 14.5 Å². The molecule has 6 heteroatoms. The third-order valence-electron chi connectivity index (χ3n) is 2.57. The molecule has 0 saturated heterocycles. The summed E-state index contributed by atoms with van der Waals surface area (Å²) >= 11 is 0. The van der Waals surface area contributed by atoms with E-state index in [0.29, 0.717) is 24.1 Å². The molecule has 0 amide bonds. The number of nitrogens with zero attached hydrogens (tertiary/aromatic N) is 2. The summed E-state index contributed by atoms with van der Waals surface area (Å²) in [5, 5.41) is 0.404. The van der Waals surface area contributed by atoms with Crippen LogP contribution >= 0.6 is 0 Å². The summed E-state index contributed by atoms with van der Waals surface area (Å²) in [6, 6.07) is 1.67. The lowest BCUT2D eigenvalue weighted by atomic mass is 10.2. The van der Waals surface area contributed by atoms with Crippen molar-refractivity contribution < 1.29 is 0 Å². The molecule has 0 aromatic carbocycles. The molecule has 0 bridgehead atoms. The fraction of sp³-hybridized carbons (Fsp3) is 0.364. The smallest absolute Gasteiger partial charge is 0.326 e. The van der Waals surface area contributed by atoms with Crippen molar-refractivity contribution in [1.29, 1.82) is 0 Å². The number of aromatic amines is 1. The van der Waals surface area contributed by atoms with E-state index in [1.54, 1.807) is 12.3 Å². The standard InChI is InChI=1S/C11H14N4O2/c1-2-3-15-9-8(10(16)14-11(15)17)4-7(5-12)6-13-9/h4,6H,2-3,5,12H2,1H3,(H,14,16,17). The minimum Gasteiger partial charge on any atom is -0.326 e. The van der Waals surface area contributed by atoms with Gasteiger partial charge in [0.05, 0.1) is 5.39 Å². The molecule has 0 unspecified atom stereocenters. The first-order valence-corrected chi connectivity index (χ1v) is 5.49. The minimum atomic E-state index is -0.419. The van der Waals surface area contributed by atoms with E-state index >= 15 is 0 Å². The van der Waals surface area contributed by atoms with Crippen LogP contribution in [0.4, 0.5) is 0 Å². The van der Waals surface area contributed by atoms with Crippen LogP contribution < -0.4 is 17.0 Å². The van der Waals surface area contributed by atoms with Gasteiger partial charge >= 0.3 is 5.69 Å². The molecule has 2 heterocycles. The van der Waals surface area contributed by atoms with Crippen LogP contribution in [0.3, 0.4) is 0 Å². The highest BCUT2D eigenvalue weighted by Crippen LogP contribution is 2.07. The number of rotatable bonds is 3. The molecule has 0 aliphatic carbocycles. The van der Waals surface area contributed by atoms with Gasteiger partial charge in [-0.15, -0.1) is 0 Å². The van der Waals surface area contributed by atoms with Crippen LogP contribution in [0.25, 0.3) is 11.0 Å². The molecule has 3 N–H and O–H groups in total. The molecule has 2 rings (SSSR count). The number of fused-ring (bicyclic) bond motifs is 1. The number of aromatic nitrogens is 3. The van der Waals surface area contributed by atoms with Crippen LogP contribution in [-0.2, 0) is 13.1 Å². The summed E-state index contributed by atoms with van der Waals surface area (Å²) in [6.07, 6.45) is 2.38. The first-order chi connectivity index (χ1) is 8.17. The SMILES string of the molecule is CCCn1c(=O)[nH]c(=O)c2cc(CN)cnc21. The molecular formula is C11H14N4O2. The quantitative estimate of drug-likeness (QED) is 0.778. The van der Waals surface area contributed by atoms with Crippen LogP contribution in [0.2, 0.25) is 0 Å². The summed E-state index contributed by atoms with van der Waals surface area (Å²) < 4.78 is 1.47. The number of hydrogen-bond donors (Lipinski definition) is 2. The monoisotopic (exact) mass is 234 g/mol. The van der Waals surface area contributed by atoms with Crippen LogP contribution in [0.5, 0.6) is 0 Å². The van der Waals surface area contributed by atoms with Crippen LogP contribution in [0.1, 0.15) is 18.9 Å². The lowest BCUT2D eigenvalue weighted by molar-refractivity contribution is 0.651. The Morgan fingerprint density at radius 3 is 2.88 bits per heavy atom. The number of nitrogens with two attached hydrogens (primary N) is 1. The second-order valence-corrected chi connectivity index (χ2v) is 3.83. The summed E-state index contributed by atoms with van der Waals surface area (Å²) in [4.78, 5) is 29.8. The fourth-order valence-corrected chi connectivity index (χ4v) is 1.75. The summed E-state index contributed by atoms with van der Waals surface area (Å²) in [7, 11) is 0. The Bertz CT molecular complexity index is 657. The fourth-order valence-electron chi connectivity index (χ4n) is 1.75. The zero-order valence-electron chi connectivity index (χ0n) is 9.56. The maximum atomic E-state index is 11.7. The molecule has 0 atom stereocenters. The molecule has 0 radical (unpaired) electrons. The van der Waals surface area contributed by atoms with Gasteiger partial charge in [-0.3, -0.25) is 14.3 Å². The molecule has 0 saturated carbocycles. The van der Waals surface area contributed by atoms with Crippen molar-refractivity contribution in [2.24, 2.45) is 5.73 Å². The predicted molar refractivity (Wildman–Crippen MR) is 64.8 cm³/mol. The first kappa shape index (κ1) is 11.5. The van der Waals surface area contributed by atoms with Gasteiger partial charge in [0, 0.05) is 19.3 Å². The van der Waals surface area contributed by atoms with E-state index < -0.39 is 11.2 Å². The molecule has 2 aromatic heterocycles. The van der Waals surface area contributed by atoms with Gasteiger partial charge < -0.3 is 5.73 Å². The Balaban J connectivity index is 2.83. The van der Waals surface area contributed by atoms with Gasteiger partial charge in [-0.1, -0.05) is 6.92 Å². The van der Waals surface area contributed by atoms with Gasteiger partial charge in [-0.2, -0.15) is 0 Å². The number of nitrogens with one attached hydrogen (secondary N) is 1. The zero-order valence-corrected chi connectivity index (χ0v) is 9.56.